The number of aromatic nitrogens is 3. The van der Waals surface area contributed by atoms with E-state index in [0.717, 1.165) is 72.4 Å². The second-order valence-electron chi connectivity index (χ2n) is 7.84. The Hall–Kier alpha value is -3.19. The first-order valence-electron chi connectivity index (χ1n) is 10.6. The third-order valence-electron chi connectivity index (χ3n) is 5.74. The van der Waals surface area contributed by atoms with Gasteiger partial charge in [-0.2, -0.15) is 0 Å². The third kappa shape index (κ3) is 4.94. The van der Waals surface area contributed by atoms with Gasteiger partial charge in [0.05, 0.1) is 31.7 Å². The molecule has 1 aliphatic rings. The lowest BCUT2D eigenvalue weighted by Gasteiger charge is -2.33. The third-order valence-corrected chi connectivity index (χ3v) is 5.74. The topological polar surface area (TPSA) is 72.4 Å². The minimum absolute atomic E-state index is 0.327. The molecule has 0 aliphatic carbocycles. The Morgan fingerprint density at radius 1 is 1.10 bits per heavy atom. The highest BCUT2D eigenvalue weighted by Gasteiger charge is 2.25. The zero-order valence-corrected chi connectivity index (χ0v) is 18.3. The summed E-state index contributed by atoms with van der Waals surface area (Å²) in [5, 5.41) is 3.30. The molecule has 0 radical (unpaired) electrons. The smallest absolute Gasteiger partial charge is 0.150 e. The molecule has 7 heteroatoms. The highest BCUT2D eigenvalue weighted by molar-refractivity contribution is 5.54. The standard InChI is InChI=1S/C24H29N5O2/c1-17-7-5-11-26-24(17)28-23-14-25-13-20(27-23)18-8-6-12-29(15-18)16-19-21(30-2)9-4-10-22(19)31-3/h4-5,7,9-11,13-14,18H,6,8,12,15-16H2,1-3H3,(H,26,27,28)/t18-/m0/s1. The highest BCUT2D eigenvalue weighted by Crippen LogP contribution is 2.33. The maximum atomic E-state index is 5.58. The molecule has 1 aromatic carbocycles. The fourth-order valence-electron chi connectivity index (χ4n) is 4.12. The number of rotatable bonds is 7. The van der Waals surface area contributed by atoms with Crippen molar-refractivity contribution in [1.82, 2.24) is 19.9 Å². The molecule has 1 aliphatic heterocycles. The van der Waals surface area contributed by atoms with Gasteiger partial charge >= 0.3 is 0 Å². The molecule has 0 spiro atoms. The van der Waals surface area contributed by atoms with Gasteiger partial charge in [0, 0.05) is 31.4 Å². The second kappa shape index (κ2) is 9.75. The number of benzene rings is 1. The Labute approximate surface area is 183 Å². The van der Waals surface area contributed by atoms with Crippen molar-refractivity contribution in [3.63, 3.8) is 0 Å². The summed E-state index contributed by atoms with van der Waals surface area (Å²) in [6.45, 7) is 4.76. The van der Waals surface area contributed by atoms with E-state index in [1.165, 1.54) is 0 Å². The van der Waals surface area contributed by atoms with Gasteiger partial charge in [-0.25, -0.2) is 9.97 Å². The van der Waals surface area contributed by atoms with Gasteiger partial charge in [0.1, 0.15) is 23.1 Å². The van der Waals surface area contributed by atoms with Crippen molar-refractivity contribution in [3.8, 4) is 11.5 Å². The molecule has 7 nitrogen and oxygen atoms in total. The molecule has 0 saturated carbocycles. The lowest BCUT2D eigenvalue weighted by Crippen LogP contribution is -2.34. The molecule has 162 valence electrons. The average Bonchev–Trinajstić information content (AvgIpc) is 2.81. The molecule has 0 amide bonds. The van der Waals surface area contributed by atoms with Crippen LogP contribution in [0.3, 0.4) is 0 Å². The predicted molar refractivity (Wildman–Crippen MR) is 121 cm³/mol. The largest absolute Gasteiger partial charge is 0.496 e. The lowest BCUT2D eigenvalue weighted by atomic mass is 9.94. The number of methoxy groups -OCH3 is 2. The molecule has 2 aromatic heterocycles. The first-order valence-corrected chi connectivity index (χ1v) is 10.6. The van der Waals surface area contributed by atoms with E-state index in [1.54, 1.807) is 26.6 Å². The zero-order valence-electron chi connectivity index (χ0n) is 18.3. The molecule has 3 aromatic rings. The molecule has 1 N–H and O–H groups in total. The van der Waals surface area contributed by atoms with Crippen LogP contribution in [0, 0.1) is 6.92 Å². The summed E-state index contributed by atoms with van der Waals surface area (Å²) in [4.78, 5) is 16.1. The summed E-state index contributed by atoms with van der Waals surface area (Å²) in [5.74, 6) is 3.58. The average molecular weight is 420 g/mol. The Balaban J connectivity index is 1.49. The lowest BCUT2D eigenvalue weighted by molar-refractivity contribution is 0.194. The summed E-state index contributed by atoms with van der Waals surface area (Å²) in [6, 6.07) is 9.88. The van der Waals surface area contributed by atoms with Crippen molar-refractivity contribution in [2.24, 2.45) is 0 Å². The first kappa shape index (κ1) is 21.1. The van der Waals surface area contributed by atoms with Crippen molar-refractivity contribution in [2.45, 2.75) is 32.2 Å². The van der Waals surface area contributed by atoms with Gasteiger partial charge in [-0.05, 0) is 50.1 Å². The molecule has 31 heavy (non-hydrogen) atoms. The second-order valence-corrected chi connectivity index (χ2v) is 7.84. The normalized spacial score (nSPS) is 16.7. The van der Waals surface area contributed by atoms with Crippen LogP contribution >= 0.6 is 0 Å². The van der Waals surface area contributed by atoms with Crippen LogP contribution in [-0.4, -0.2) is 47.2 Å². The SMILES string of the molecule is COc1cccc(OC)c1CN1CCC[C@H](c2cncc(Nc3ncccc3C)n2)C1. The monoisotopic (exact) mass is 419 g/mol. The van der Waals surface area contributed by atoms with E-state index in [1.807, 2.05) is 43.5 Å². The van der Waals surface area contributed by atoms with Crippen molar-refractivity contribution in [2.75, 3.05) is 32.6 Å². The fraction of sp³-hybridized carbons (Fsp3) is 0.375. The van der Waals surface area contributed by atoms with E-state index in [-0.39, 0.29) is 0 Å². The minimum atomic E-state index is 0.327. The number of hydrogen-bond donors (Lipinski definition) is 1. The Morgan fingerprint density at radius 3 is 2.65 bits per heavy atom. The number of hydrogen-bond acceptors (Lipinski definition) is 7. The summed E-state index contributed by atoms with van der Waals surface area (Å²) in [7, 11) is 3.41. The molecule has 1 fully saturated rings. The van der Waals surface area contributed by atoms with E-state index < -0.39 is 0 Å². The Bertz CT molecular complexity index is 1000. The van der Waals surface area contributed by atoms with Gasteiger partial charge in [0.2, 0.25) is 0 Å². The van der Waals surface area contributed by atoms with Gasteiger partial charge in [-0.15, -0.1) is 0 Å². The van der Waals surface area contributed by atoms with Crippen LogP contribution in [0.1, 0.15) is 35.6 Å². The summed E-state index contributed by atoms with van der Waals surface area (Å²) >= 11 is 0. The number of ether oxygens (including phenoxy) is 2. The van der Waals surface area contributed by atoms with Crippen LogP contribution in [0.4, 0.5) is 11.6 Å². The number of pyridine rings is 1. The van der Waals surface area contributed by atoms with Gasteiger partial charge in [0.25, 0.3) is 0 Å². The van der Waals surface area contributed by atoms with Crippen LogP contribution in [0.5, 0.6) is 11.5 Å². The van der Waals surface area contributed by atoms with Crippen molar-refractivity contribution >= 4 is 11.6 Å². The van der Waals surface area contributed by atoms with Gasteiger partial charge in [-0.1, -0.05) is 12.1 Å². The number of nitrogens with zero attached hydrogens (tertiary/aromatic N) is 4. The molecular formula is C24H29N5O2. The van der Waals surface area contributed by atoms with Crippen LogP contribution in [0.2, 0.25) is 0 Å². The quantitative estimate of drug-likeness (QED) is 0.611. The number of aryl methyl sites for hydroxylation is 1. The van der Waals surface area contributed by atoms with Crippen LogP contribution in [0.25, 0.3) is 0 Å². The number of likely N-dealkylation sites (tertiary alicyclic amines) is 1. The van der Waals surface area contributed by atoms with Crippen molar-refractivity contribution in [3.05, 3.63) is 65.7 Å². The van der Waals surface area contributed by atoms with E-state index in [4.69, 9.17) is 14.5 Å². The highest BCUT2D eigenvalue weighted by atomic mass is 16.5. The van der Waals surface area contributed by atoms with E-state index >= 15 is 0 Å². The molecule has 1 atom stereocenters. The first-order chi connectivity index (χ1) is 15.2. The summed E-state index contributed by atoms with van der Waals surface area (Å²) in [6.07, 6.45) is 7.62. The maximum absolute atomic E-state index is 5.58. The van der Waals surface area contributed by atoms with Crippen molar-refractivity contribution < 1.29 is 9.47 Å². The summed E-state index contributed by atoms with van der Waals surface area (Å²) < 4.78 is 11.2. The van der Waals surface area contributed by atoms with Crippen LogP contribution < -0.4 is 14.8 Å². The van der Waals surface area contributed by atoms with Crippen LogP contribution in [-0.2, 0) is 6.54 Å². The molecule has 4 rings (SSSR count). The Morgan fingerprint density at radius 2 is 1.90 bits per heavy atom. The van der Waals surface area contributed by atoms with E-state index in [9.17, 15) is 0 Å². The van der Waals surface area contributed by atoms with E-state index in [0.29, 0.717) is 5.92 Å². The van der Waals surface area contributed by atoms with Gasteiger partial charge in [-0.3, -0.25) is 9.88 Å². The van der Waals surface area contributed by atoms with E-state index in [2.05, 4.69) is 20.2 Å². The molecular weight excluding hydrogens is 390 g/mol. The number of piperidine rings is 1. The molecule has 0 unspecified atom stereocenters. The maximum Gasteiger partial charge on any atom is 0.150 e. The predicted octanol–water partition coefficient (Wildman–Crippen LogP) is 4.32. The minimum Gasteiger partial charge on any atom is -0.496 e. The molecule has 1 saturated heterocycles. The fourth-order valence-corrected chi connectivity index (χ4v) is 4.12. The summed E-state index contributed by atoms with van der Waals surface area (Å²) in [5.41, 5.74) is 3.17. The van der Waals surface area contributed by atoms with Crippen molar-refractivity contribution in [1.29, 1.82) is 0 Å². The van der Waals surface area contributed by atoms with Gasteiger partial charge < -0.3 is 14.8 Å². The Kier molecular flexibility index (Phi) is 6.62. The molecule has 3 heterocycles. The number of nitrogens with one attached hydrogen (secondary N) is 1. The number of anilines is 2. The molecule has 0 bridgehead atoms. The van der Waals surface area contributed by atoms with Gasteiger partial charge in [0.15, 0.2) is 0 Å². The van der Waals surface area contributed by atoms with Crippen LogP contribution in [0.15, 0.2) is 48.9 Å². The zero-order chi connectivity index (χ0) is 21.6.